The standard InChI is InChI=1S/C24H27NO4S/c1-18(26)17-30-22-15-9-8-14-21(22)24(28)29-16-23(27)25(19-10-4-2-5-11-19)20-12-6-3-7-13-20/h2,4-5,8-11,14-15,20H,3,6-7,12-13,16-17H2,1H3. The Bertz CT molecular complexity index is 878. The normalized spacial score (nSPS) is 14.2. The summed E-state index contributed by atoms with van der Waals surface area (Å²) in [4.78, 5) is 39.5. The summed E-state index contributed by atoms with van der Waals surface area (Å²) in [6.45, 7) is 1.20. The maximum atomic E-state index is 13.1. The lowest BCUT2D eigenvalue weighted by molar-refractivity contribution is -0.122. The van der Waals surface area contributed by atoms with Gasteiger partial charge >= 0.3 is 5.97 Å². The van der Waals surface area contributed by atoms with Crippen LogP contribution in [0.25, 0.3) is 0 Å². The Morgan fingerprint density at radius 2 is 1.63 bits per heavy atom. The molecular formula is C24H27NO4S. The first-order valence-electron chi connectivity index (χ1n) is 10.3. The average molecular weight is 426 g/mol. The van der Waals surface area contributed by atoms with Gasteiger partial charge in [0.2, 0.25) is 0 Å². The van der Waals surface area contributed by atoms with Crippen molar-refractivity contribution in [3.63, 3.8) is 0 Å². The molecule has 30 heavy (non-hydrogen) atoms. The molecule has 3 rings (SSSR count). The van der Waals surface area contributed by atoms with Crippen LogP contribution in [0.2, 0.25) is 0 Å². The van der Waals surface area contributed by atoms with Gasteiger partial charge in [-0.3, -0.25) is 9.59 Å². The Kier molecular flexibility index (Phi) is 8.08. The highest BCUT2D eigenvalue weighted by Gasteiger charge is 2.27. The minimum absolute atomic E-state index is 0.0318. The first kappa shape index (κ1) is 22.1. The van der Waals surface area contributed by atoms with Crippen molar-refractivity contribution < 1.29 is 19.1 Å². The molecule has 0 radical (unpaired) electrons. The summed E-state index contributed by atoms with van der Waals surface area (Å²) in [7, 11) is 0. The zero-order chi connectivity index (χ0) is 21.3. The van der Waals surface area contributed by atoms with Crippen LogP contribution >= 0.6 is 11.8 Å². The number of anilines is 1. The Morgan fingerprint density at radius 3 is 2.33 bits per heavy atom. The van der Waals surface area contributed by atoms with Gasteiger partial charge in [-0.1, -0.05) is 49.6 Å². The second kappa shape index (κ2) is 11.0. The van der Waals surface area contributed by atoms with Crippen LogP contribution in [0.1, 0.15) is 49.4 Å². The summed E-state index contributed by atoms with van der Waals surface area (Å²) in [5.74, 6) is -0.446. The number of para-hydroxylation sites is 1. The molecule has 1 aliphatic rings. The van der Waals surface area contributed by atoms with Gasteiger partial charge < -0.3 is 9.64 Å². The topological polar surface area (TPSA) is 63.7 Å². The molecule has 0 N–H and O–H groups in total. The number of nitrogens with zero attached hydrogens (tertiary/aromatic N) is 1. The van der Waals surface area contributed by atoms with Gasteiger partial charge in [0, 0.05) is 16.6 Å². The highest BCUT2D eigenvalue weighted by Crippen LogP contribution is 2.28. The molecule has 1 aliphatic carbocycles. The number of hydrogen-bond acceptors (Lipinski definition) is 5. The van der Waals surface area contributed by atoms with Crippen LogP contribution < -0.4 is 4.90 Å². The zero-order valence-electron chi connectivity index (χ0n) is 17.2. The summed E-state index contributed by atoms with van der Waals surface area (Å²) in [6.07, 6.45) is 5.30. The molecule has 2 aromatic rings. The number of esters is 1. The van der Waals surface area contributed by atoms with E-state index in [1.165, 1.54) is 25.1 Å². The number of carbonyl (C=O) groups is 3. The summed E-state index contributed by atoms with van der Waals surface area (Å²) >= 11 is 1.30. The molecule has 0 aromatic heterocycles. The van der Waals surface area contributed by atoms with Crippen molar-refractivity contribution in [2.24, 2.45) is 0 Å². The van der Waals surface area contributed by atoms with Crippen molar-refractivity contribution in [1.29, 1.82) is 0 Å². The van der Waals surface area contributed by atoms with Crippen molar-refractivity contribution in [3.8, 4) is 0 Å². The molecule has 0 spiro atoms. The molecule has 0 aliphatic heterocycles. The van der Waals surface area contributed by atoms with Crippen molar-refractivity contribution in [2.45, 2.75) is 50.0 Å². The van der Waals surface area contributed by atoms with E-state index in [1.54, 1.807) is 23.1 Å². The lowest BCUT2D eigenvalue weighted by Crippen LogP contribution is -2.43. The SMILES string of the molecule is CC(=O)CSc1ccccc1C(=O)OCC(=O)N(c1ccccc1)C1CCCCC1. The molecular weight excluding hydrogens is 398 g/mol. The molecule has 0 atom stereocenters. The molecule has 0 saturated heterocycles. The second-order valence-corrected chi connectivity index (χ2v) is 8.47. The van der Waals surface area contributed by atoms with Gasteiger partial charge in [0.15, 0.2) is 6.61 Å². The summed E-state index contributed by atoms with van der Waals surface area (Å²) < 4.78 is 5.40. The van der Waals surface area contributed by atoms with Gasteiger partial charge in [0.25, 0.3) is 5.91 Å². The Morgan fingerprint density at radius 1 is 0.967 bits per heavy atom. The smallest absolute Gasteiger partial charge is 0.339 e. The maximum Gasteiger partial charge on any atom is 0.339 e. The number of carbonyl (C=O) groups excluding carboxylic acids is 3. The summed E-state index contributed by atoms with van der Waals surface area (Å²) in [5, 5.41) is 0. The molecule has 0 bridgehead atoms. The number of hydrogen-bond donors (Lipinski definition) is 0. The van der Waals surface area contributed by atoms with E-state index in [1.807, 2.05) is 36.4 Å². The highest BCUT2D eigenvalue weighted by molar-refractivity contribution is 8.00. The molecule has 158 valence electrons. The lowest BCUT2D eigenvalue weighted by atomic mass is 9.93. The van der Waals surface area contributed by atoms with E-state index >= 15 is 0 Å². The number of Topliss-reactive ketones (excluding diaryl/α,β-unsaturated/α-hetero) is 1. The first-order valence-corrected chi connectivity index (χ1v) is 11.3. The van der Waals surface area contributed by atoms with E-state index in [0.717, 1.165) is 31.4 Å². The molecule has 2 aromatic carbocycles. The molecule has 0 unspecified atom stereocenters. The van der Waals surface area contributed by atoms with Crippen LogP contribution in [0.4, 0.5) is 5.69 Å². The van der Waals surface area contributed by atoms with Crippen LogP contribution in [0, 0.1) is 0 Å². The number of ether oxygens (including phenoxy) is 1. The predicted molar refractivity (Wildman–Crippen MR) is 119 cm³/mol. The van der Waals surface area contributed by atoms with Gasteiger partial charge in [0.1, 0.15) is 5.78 Å². The van der Waals surface area contributed by atoms with Gasteiger partial charge in [-0.05, 0) is 44.0 Å². The fourth-order valence-corrected chi connectivity index (χ4v) is 4.54. The lowest BCUT2D eigenvalue weighted by Gasteiger charge is -2.34. The molecule has 1 saturated carbocycles. The number of amides is 1. The van der Waals surface area contributed by atoms with E-state index in [4.69, 9.17) is 4.74 Å². The van der Waals surface area contributed by atoms with Gasteiger partial charge in [-0.2, -0.15) is 0 Å². The van der Waals surface area contributed by atoms with E-state index in [-0.39, 0.29) is 30.1 Å². The van der Waals surface area contributed by atoms with Crippen molar-refractivity contribution in [1.82, 2.24) is 0 Å². The van der Waals surface area contributed by atoms with Gasteiger partial charge in [-0.15, -0.1) is 11.8 Å². The van der Waals surface area contributed by atoms with E-state index in [2.05, 4.69) is 0 Å². The molecule has 6 heteroatoms. The molecule has 5 nitrogen and oxygen atoms in total. The predicted octanol–water partition coefficient (Wildman–Crippen LogP) is 4.89. The number of benzene rings is 2. The van der Waals surface area contributed by atoms with Crippen LogP contribution in [-0.2, 0) is 14.3 Å². The molecule has 1 fully saturated rings. The van der Waals surface area contributed by atoms with Crippen molar-refractivity contribution in [3.05, 3.63) is 60.2 Å². The average Bonchev–Trinajstić information content (AvgIpc) is 2.78. The summed E-state index contributed by atoms with van der Waals surface area (Å²) in [5.41, 5.74) is 1.21. The summed E-state index contributed by atoms with van der Waals surface area (Å²) in [6, 6.07) is 16.7. The van der Waals surface area contributed by atoms with Gasteiger partial charge in [-0.25, -0.2) is 4.79 Å². The molecule has 0 heterocycles. The third-order valence-electron chi connectivity index (χ3n) is 5.11. The van der Waals surface area contributed by atoms with E-state index in [9.17, 15) is 14.4 Å². The van der Waals surface area contributed by atoms with Crippen molar-refractivity contribution >= 4 is 35.1 Å². The quantitative estimate of drug-likeness (QED) is 0.445. The Hall–Kier alpha value is -2.60. The van der Waals surface area contributed by atoms with Crippen LogP contribution in [0.15, 0.2) is 59.5 Å². The number of rotatable bonds is 8. The minimum atomic E-state index is -0.549. The Balaban J connectivity index is 1.69. The minimum Gasteiger partial charge on any atom is -0.452 e. The van der Waals surface area contributed by atoms with Crippen molar-refractivity contribution in [2.75, 3.05) is 17.3 Å². The molecule has 1 amide bonds. The third-order valence-corrected chi connectivity index (χ3v) is 6.33. The fourth-order valence-electron chi connectivity index (χ4n) is 3.70. The van der Waals surface area contributed by atoms with Crippen LogP contribution in [-0.4, -0.2) is 36.1 Å². The van der Waals surface area contributed by atoms with E-state index < -0.39 is 5.97 Å². The van der Waals surface area contributed by atoms with Crippen LogP contribution in [0.5, 0.6) is 0 Å². The first-order chi connectivity index (χ1) is 14.6. The van der Waals surface area contributed by atoms with E-state index in [0.29, 0.717) is 10.5 Å². The maximum absolute atomic E-state index is 13.1. The fraction of sp³-hybridized carbons (Fsp3) is 0.375. The second-order valence-electron chi connectivity index (χ2n) is 7.45. The number of ketones is 1. The Labute approximate surface area is 181 Å². The zero-order valence-corrected chi connectivity index (χ0v) is 18.0. The van der Waals surface area contributed by atoms with Gasteiger partial charge in [0.05, 0.1) is 11.3 Å². The highest BCUT2D eigenvalue weighted by atomic mass is 32.2. The third kappa shape index (κ3) is 5.95. The monoisotopic (exact) mass is 425 g/mol. The van der Waals surface area contributed by atoms with Crippen LogP contribution in [0.3, 0.4) is 0 Å². The number of thioether (sulfide) groups is 1. The largest absolute Gasteiger partial charge is 0.452 e.